The summed E-state index contributed by atoms with van der Waals surface area (Å²) < 4.78 is 54.1. The van der Waals surface area contributed by atoms with Gasteiger partial charge in [-0.1, -0.05) is 0 Å². The number of hydrogen-bond acceptors (Lipinski definition) is 2. The quantitative estimate of drug-likeness (QED) is 0.221. The van der Waals surface area contributed by atoms with Crippen molar-refractivity contribution in [3.63, 3.8) is 0 Å². The molecule has 2 N–H and O–H groups in total. The van der Waals surface area contributed by atoms with Crippen LogP contribution in [-0.2, 0) is 0 Å². The third-order valence-corrected chi connectivity index (χ3v) is 2.62. The fourth-order valence-electron chi connectivity index (χ4n) is 1.54. The van der Waals surface area contributed by atoms with Crippen molar-refractivity contribution in [3.8, 4) is 5.75 Å². The van der Waals surface area contributed by atoms with E-state index in [1.807, 2.05) is 0 Å². The first-order valence-corrected chi connectivity index (χ1v) is 6.80. The monoisotopic (exact) mass is 449 g/mol. The molecule has 4 nitrogen and oxygen atoms in total. The molecule has 0 radical (unpaired) electrons. The molecular formula is C14H20F4IN3O. The van der Waals surface area contributed by atoms with Crippen molar-refractivity contribution in [3.05, 3.63) is 30.1 Å². The predicted octanol–water partition coefficient (Wildman–Crippen LogP) is 3.33. The minimum Gasteiger partial charge on any atom is -0.494 e. The number of rotatable bonds is 7. The lowest BCUT2D eigenvalue weighted by Gasteiger charge is -2.13. The molecule has 0 saturated carbocycles. The number of halogens is 5. The zero-order chi connectivity index (χ0) is 16.4. The summed E-state index contributed by atoms with van der Waals surface area (Å²) in [6.45, 7) is 0.667. The van der Waals surface area contributed by atoms with Gasteiger partial charge in [0.1, 0.15) is 11.6 Å². The topological polar surface area (TPSA) is 45.7 Å². The molecule has 1 aromatic carbocycles. The normalized spacial score (nSPS) is 11.6. The van der Waals surface area contributed by atoms with Crippen molar-refractivity contribution in [1.82, 2.24) is 10.6 Å². The predicted molar refractivity (Wildman–Crippen MR) is 92.0 cm³/mol. The number of guanidine groups is 1. The van der Waals surface area contributed by atoms with Gasteiger partial charge in [-0.15, -0.1) is 24.0 Å². The highest BCUT2D eigenvalue weighted by Crippen LogP contribution is 2.18. The number of aliphatic imine (C=N–C) groups is 1. The first-order valence-electron chi connectivity index (χ1n) is 6.80. The second-order valence-corrected chi connectivity index (χ2v) is 4.45. The molecule has 0 aliphatic carbocycles. The van der Waals surface area contributed by atoms with Crippen molar-refractivity contribution in [2.75, 3.05) is 26.7 Å². The molecule has 1 rings (SSSR count). The van der Waals surface area contributed by atoms with Crippen LogP contribution in [0.5, 0.6) is 5.75 Å². The van der Waals surface area contributed by atoms with Gasteiger partial charge in [-0.2, -0.15) is 13.2 Å². The Morgan fingerprint density at radius 2 is 1.74 bits per heavy atom. The fraction of sp³-hybridized carbons (Fsp3) is 0.500. The number of hydrogen-bond donors (Lipinski definition) is 2. The van der Waals surface area contributed by atoms with Gasteiger partial charge in [0.05, 0.1) is 13.0 Å². The SMILES string of the molecule is CN=C(NCCCOc1ccc(F)cc1)NCCC(F)(F)F.I. The van der Waals surface area contributed by atoms with Crippen LogP contribution in [0.4, 0.5) is 17.6 Å². The minimum absolute atomic E-state index is 0. The average Bonchev–Trinajstić information content (AvgIpc) is 2.45. The summed E-state index contributed by atoms with van der Waals surface area (Å²) in [7, 11) is 1.48. The number of benzene rings is 1. The summed E-state index contributed by atoms with van der Waals surface area (Å²) >= 11 is 0. The van der Waals surface area contributed by atoms with Crippen LogP contribution in [0.3, 0.4) is 0 Å². The standard InChI is InChI=1S/C14H19F4N3O.HI/c1-19-13(21-9-7-14(16,17)18)20-8-2-10-22-12-5-3-11(15)4-6-12;/h3-6H,2,7-10H2,1H3,(H2,19,20,21);1H. The van der Waals surface area contributed by atoms with Crippen LogP contribution in [0.2, 0.25) is 0 Å². The molecule has 0 bridgehead atoms. The summed E-state index contributed by atoms with van der Waals surface area (Å²) in [5.41, 5.74) is 0. The third kappa shape index (κ3) is 11.0. The Hall–Kier alpha value is -1.26. The van der Waals surface area contributed by atoms with Crippen LogP contribution in [0, 0.1) is 5.82 Å². The van der Waals surface area contributed by atoms with Crippen molar-refractivity contribution in [1.29, 1.82) is 0 Å². The number of ether oxygens (including phenoxy) is 1. The molecule has 132 valence electrons. The van der Waals surface area contributed by atoms with Crippen LogP contribution in [0.25, 0.3) is 0 Å². The fourth-order valence-corrected chi connectivity index (χ4v) is 1.54. The minimum atomic E-state index is -4.19. The first-order chi connectivity index (χ1) is 10.4. The van der Waals surface area contributed by atoms with Gasteiger partial charge in [0.2, 0.25) is 0 Å². The van der Waals surface area contributed by atoms with Crippen molar-refractivity contribution in [2.24, 2.45) is 4.99 Å². The van der Waals surface area contributed by atoms with E-state index in [-0.39, 0.29) is 36.3 Å². The molecule has 0 atom stereocenters. The molecule has 1 aromatic rings. The molecule has 0 saturated heterocycles. The van der Waals surface area contributed by atoms with Crippen molar-refractivity contribution >= 4 is 29.9 Å². The largest absolute Gasteiger partial charge is 0.494 e. The van der Waals surface area contributed by atoms with Gasteiger partial charge in [-0.05, 0) is 30.7 Å². The summed E-state index contributed by atoms with van der Waals surface area (Å²) in [6.07, 6.45) is -4.48. The average molecular weight is 449 g/mol. The Balaban J connectivity index is 0.00000484. The maximum atomic E-state index is 12.7. The molecule has 0 fully saturated rings. The zero-order valence-electron chi connectivity index (χ0n) is 12.6. The van der Waals surface area contributed by atoms with Crippen LogP contribution >= 0.6 is 24.0 Å². The molecule has 9 heteroatoms. The van der Waals surface area contributed by atoms with E-state index in [4.69, 9.17) is 4.74 Å². The summed E-state index contributed by atoms with van der Waals surface area (Å²) in [4.78, 5) is 3.82. The van der Waals surface area contributed by atoms with Crippen LogP contribution in [-0.4, -0.2) is 38.9 Å². The summed E-state index contributed by atoms with van der Waals surface area (Å²) in [5.74, 6) is 0.544. The van der Waals surface area contributed by atoms with Gasteiger partial charge in [-0.3, -0.25) is 4.99 Å². The Morgan fingerprint density at radius 1 is 1.13 bits per heavy atom. The molecule has 23 heavy (non-hydrogen) atoms. The molecule has 0 spiro atoms. The van der Waals surface area contributed by atoms with E-state index in [2.05, 4.69) is 15.6 Å². The van der Waals surface area contributed by atoms with E-state index in [1.165, 1.54) is 31.3 Å². The maximum absolute atomic E-state index is 12.7. The number of nitrogens with one attached hydrogen (secondary N) is 2. The van der Waals surface area contributed by atoms with Crippen LogP contribution in [0.15, 0.2) is 29.3 Å². The van der Waals surface area contributed by atoms with E-state index in [0.717, 1.165) is 0 Å². The van der Waals surface area contributed by atoms with Crippen LogP contribution in [0.1, 0.15) is 12.8 Å². The van der Waals surface area contributed by atoms with Gasteiger partial charge < -0.3 is 15.4 Å². The van der Waals surface area contributed by atoms with E-state index in [1.54, 1.807) is 0 Å². The molecule has 0 aromatic heterocycles. The zero-order valence-corrected chi connectivity index (χ0v) is 15.0. The molecular weight excluding hydrogens is 429 g/mol. The van der Waals surface area contributed by atoms with Gasteiger partial charge in [0.15, 0.2) is 5.96 Å². The Morgan fingerprint density at radius 3 is 2.30 bits per heavy atom. The second-order valence-electron chi connectivity index (χ2n) is 4.45. The van der Waals surface area contributed by atoms with Gasteiger partial charge in [0.25, 0.3) is 0 Å². The smallest absolute Gasteiger partial charge is 0.390 e. The molecule has 0 aliphatic rings. The third-order valence-electron chi connectivity index (χ3n) is 2.62. The molecule has 0 heterocycles. The molecule has 0 aliphatic heterocycles. The van der Waals surface area contributed by atoms with E-state index >= 15 is 0 Å². The highest BCUT2D eigenvalue weighted by atomic mass is 127. The Kier molecular flexibility index (Phi) is 10.7. The first kappa shape index (κ1) is 21.7. The highest BCUT2D eigenvalue weighted by Gasteiger charge is 2.26. The molecule has 0 amide bonds. The second kappa shape index (κ2) is 11.3. The summed E-state index contributed by atoms with van der Waals surface area (Å²) in [6, 6.07) is 5.67. The number of nitrogens with zero attached hydrogens (tertiary/aromatic N) is 1. The van der Waals surface area contributed by atoms with Gasteiger partial charge in [-0.25, -0.2) is 4.39 Å². The summed E-state index contributed by atoms with van der Waals surface area (Å²) in [5, 5.41) is 5.46. The maximum Gasteiger partial charge on any atom is 0.390 e. The van der Waals surface area contributed by atoms with E-state index in [0.29, 0.717) is 31.3 Å². The van der Waals surface area contributed by atoms with Crippen LogP contribution < -0.4 is 15.4 Å². The molecule has 0 unspecified atom stereocenters. The highest BCUT2D eigenvalue weighted by molar-refractivity contribution is 14.0. The van der Waals surface area contributed by atoms with E-state index in [9.17, 15) is 17.6 Å². The lowest BCUT2D eigenvalue weighted by atomic mass is 10.3. The lowest BCUT2D eigenvalue weighted by molar-refractivity contribution is -0.132. The Labute approximate surface area is 149 Å². The van der Waals surface area contributed by atoms with Gasteiger partial charge in [0, 0.05) is 20.1 Å². The Bertz CT molecular complexity index is 466. The van der Waals surface area contributed by atoms with Crippen molar-refractivity contribution < 1.29 is 22.3 Å². The van der Waals surface area contributed by atoms with Crippen molar-refractivity contribution in [2.45, 2.75) is 19.0 Å². The number of alkyl halides is 3. The van der Waals surface area contributed by atoms with Gasteiger partial charge >= 0.3 is 6.18 Å². The van der Waals surface area contributed by atoms with E-state index < -0.39 is 12.6 Å². The lowest BCUT2D eigenvalue weighted by Crippen LogP contribution is -2.39.